The summed E-state index contributed by atoms with van der Waals surface area (Å²) in [5.74, 6) is 0.552. The molecule has 1 heterocycles. The van der Waals surface area contributed by atoms with Gasteiger partial charge in [0.05, 0.1) is 23.0 Å². The summed E-state index contributed by atoms with van der Waals surface area (Å²) in [6.07, 6.45) is 0.768. The summed E-state index contributed by atoms with van der Waals surface area (Å²) < 4.78 is 5.21. The molecular weight excluding hydrogens is 238 g/mol. The van der Waals surface area contributed by atoms with Gasteiger partial charge in [-0.1, -0.05) is 18.5 Å². The van der Waals surface area contributed by atoms with E-state index in [1.165, 1.54) is 0 Å². The molecule has 0 aliphatic carbocycles. The van der Waals surface area contributed by atoms with Crippen LogP contribution in [-0.4, -0.2) is 12.1 Å². The molecule has 2 rings (SSSR count). The Morgan fingerprint density at radius 1 is 1.41 bits per heavy atom. The van der Waals surface area contributed by atoms with Gasteiger partial charge in [-0.25, -0.2) is 0 Å². The Labute approximate surface area is 104 Å². The molecule has 1 aromatic carbocycles. The van der Waals surface area contributed by atoms with Gasteiger partial charge in [-0.15, -0.1) is 0 Å². The molecule has 0 saturated carbocycles. The van der Waals surface area contributed by atoms with E-state index in [2.05, 4.69) is 4.98 Å². The molecule has 2 aromatic rings. The van der Waals surface area contributed by atoms with Crippen molar-refractivity contribution >= 4 is 22.5 Å². The highest BCUT2D eigenvalue weighted by atomic mass is 35.5. The van der Waals surface area contributed by atoms with E-state index in [0.29, 0.717) is 21.7 Å². The number of benzene rings is 1. The van der Waals surface area contributed by atoms with Crippen LogP contribution in [0.2, 0.25) is 5.02 Å². The Hall–Kier alpha value is -1.48. The number of aromatic nitrogens is 1. The van der Waals surface area contributed by atoms with Gasteiger partial charge < -0.3 is 9.72 Å². The number of rotatable bonds is 2. The Kier molecular flexibility index (Phi) is 3.11. The highest BCUT2D eigenvalue weighted by Crippen LogP contribution is 2.28. The summed E-state index contributed by atoms with van der Waals surface area (Å²) >= 11 is 6.11. The van der Waals surface area contributed by atoms with Gasteiger partial charge in [0.1, 0.15) is 5.75 Å². The van der Waals surface area contributed by atoms with Crippen LogP contribution in [0.1, 0.15) is 18.2 Å². The molecule has 0 saturated heterocycles. The van der Waals surface area contributed by atoms with Crippen molar-refractivity contribution < 1.29 is 4.74 Å². The number of halogens is 1. The van der Waals surface area contributed by atoms with Gasteiger partial charge in [-0.2, -0.15) is 0 Å². The minimum atomic E-state index is -0.0186. The highest BCUT2D eigenvalue weighted by Gasteiger charge is 2.13. The number of methoxy groups -OCH3 is 1. The monoisotopic (exact) mass is 251 g/mol. The van der Waals surface area contributed by atoms with Crippen molar-refractivity contribution in [2.45, 2.75) is 20.3 Å². The van der Waals surface area contributed by atoms with Gasteiger partial charge in [0, 0.05) is 11.3 Å². The van der Waals surface area contributed by atoms with Gasteiger partial charge in [0.15, 0.2) is 5.43 Å². The number of hydrogen-bond acceptors (Lipinski definition) is 2. The minimum Gasteiger partial charge on any atom is -0.496 e. The van der Waals surface area contributed by atoms with E-state index >= 15 is 0 Å². The van der Waals surface area contributed by atoms with Crippen LogP contribution >= 0.6 is 11.6 Å². The Morgan fingerprint density at radius 2 is 2.12 bits per heavy atom. The van der Waals surface area contributed by atoms with Crippen LogP contribution in [0.15, 0.2) is 16.9 Å². The Morgan fingerprint density at radius 3 is 2.71 bits per heavy atom. The fourth-order valence-electron chi connectivity index (χ4n) is 2.00. The second-order valence-electron chi connectivity index (χ2n) is 3.91. The zero-order chi connectivity index (χ0) is 12.6. The topological polar surface area (TPSA) is 42.1 Å². The van der Waals surface area contributed by atoms with E-state index in [0.717, 1.165) is 17.7 Å². The van der Waals surface area contributed by atoms with Crippen LogP contribution in [0.3, 0.4) is 0 Å². The maximum Gasteiger partial charge on any atom is 0.196 e. The summed E-state index contributed by atoms with van der Waals surface area (Å²) in [7, 11) is 1.55. The predicted octanol–water partition coefficient (Wildman–Crippen LogP) is 3.06. The molecule has 90 valence electrons. The largest absolute Gasteiger partial charge is 0.496 e. The van der Waals surface area contributed by atoms with Crippen LogP contribution in [0.5, 0.6) is 5.75 Å². The molecule has 17 heavy (non-hydrogen) atoms. The number of ether oxygens (including phenoxy) is 1. The second-order valence-corrected chi connectivity index (χ2v) is 4.32. The first-order valence-electron chi connectivity index (χ1n) is 5.48. The highest BCUT2D eigenvalue weighted by molar-refractivity contribution is 6.35. The smallest absolute Gasteiger partial charge is 0.196 e. The molecule has 0 aliphatic rings. The number of nitrogens with one attached hydrogen (secondary N) is 1. The number of pyridine rings is 1. The first-order chi connectivity index (χ1) is 8.10. The molecule has 0 fully saturated rings. The molecule has 3 nitrogen and oxygen atoms in total. The van der Waals surface area contributed by atoms with Crippen molar-refractivity contribution in [3.8, 4) is 5.75 Å². The SMILES string of the molecule is CCc1[nH]c2c(Cl)ccc(OC)c2c(=O)c1C. The molecule has 0 unspecified atom stereocenters. The average molecular weight is 252 g/mol. The second kappa shape index (κ2) is 4.41. The lowest BCUT2D eigenvalue weighted by Gasteiger charge is -2.10. The van der Waals surface area contributed by atoms with E-state index in [-0.39, 0.29) is 5.43 Å². The van der Waals surface area contributed by atoms with E-state index in [1.54, 1.807) is 19.2 Å². The van der Waals surface area contributed by atoms with E-state index in [9.17, 15) is 4.79 Å². The zero-order valence-electron chi connectivity index (χ0n) is 10.1. The molecule has 0 radical (unpaired) electrons. The number of aromatic amines is 1. The normalized spacial score (nSPS) is 10.8. The maximum atomic E-state index is 12.3. The third-order valence-electron chi connectivity index (χ3n) is 2.99. The van der Waals surface area contributed by atoms with Crippen LogP contribution in [0.25, 0.3) is 10.9 Å². The van der Waals surface area contributed by atoms with Crippen molar-refractivity contribution in [3.05, 3.63) is 38.6 Å². The molecular formula is C13H14ClNO2. The molecule has 1 N–H and O–H groups in total. The molecule has 4 heteroatoms. The van der Waals surface area contributed by atoms with Gasteiger partial charge in [-0.3, -0.25) is 4.79 Å². The number of H-pyrrole nitrogens is 1. The van der Waals surface area contributed by atoms with Crippen molar-refractivity contribution in [2.24, 2.45) is 0 Å². The summed E-state index contributed by atoms with van der Waals surface area (Å²) in [4.78, 5) is 15.5. The van der Waals surface area contributed by atoms with E-state index in [1.807, 2.05) is 13.8 Å². The standard InChI is InChI=1S/C13H14ClNO2/c1-4-9-7(2)13(16)11-10(17-3)6-5-8(14)12(11)15-9/h5-6H,4H2,1-3H3,(H,15,16). The fraction of sp³-hybridized carbons (Fsp3) is 0.308. The Bertz CT molecular complexity index is 631. The minimum absolute atomic E-state index is 0.0186. The van der Waals surface area contributed by atoms with Crippen LogP contribution in [-0.2, 0) is 6.42 Å². The number of hydrogen-bond donors (Lipinski definition) is 1. The lowest BCUT2D eigenvalue weighted by atomic mass is 10.1. The molecule has 0 bridgehead atoms. The van der Waals surface area contributed by atoms with E-state index in [4.69, 9.17) is 16.3 Å². The summed E-state index contributed by atoms with van der Waals surface area (Å²) in [6.45, 7) is 3.82. The maximum absolute atomic E-state index is 12.3. The molecule has 0 amide bonds. The molecule has 1 aromatic heterocycles. The summed E-state index contributed by atoms with van der Waals surface area (Å²) in [5.41, 5.74) is 2.27. The van der Waals surface area contributed by atoms with Gasteiger partial charge in [0.2, 0.25) is 0 Å². The predicted molar refractivity (Wildman–Crippen MR) is 70.2 cm³/mol. The van der Waals surface area contributed by atoms with Crippen molar-refractivity contribution in [1.29, 1.82) is 0 Å². The van der Waals surface area contributed by atoms with Crippen LogP contribution < -0.4 is 10.2 Å². The van der Waals surface area contributed by atoms with Gasteiger partial charge in [0.25, 0.3) is 0 Å². The average Bonchev–Trinajstić information content (AvgIpc) is 2.34. The fourth-order valence-corrected chi connectivity index (χ4v) is 2.20. The molecule has 0 atom stereocenters. The lowest BCUT2D eigenvalue weighted by molar-refractivity contribution is 0.419. The first-order valence-corrected chi connectivity index (χ1v) is 5.85. The van der Waals surface area contributed by atoms with Crippen LogP contribution in [0.4, 0.5) is 0 Å². The third-order valence-corrected chi connectivity index (χ3v) is 3.30. The first kappa shape index (κ1) is 12.0. The zero-order valence-corrected chi connectivity index (χ0v) is 10.8. The van der Waals surface area contributed by atoms with Crippen molar-refractivity contribution in [1.82, 2.24) is 4.98 Å². The third kappa shape index (κ3) is 1.80. The van der Waals surface area contributed by atoms with Crippen molar-refractivity contribution in [2.75, 3.05) is 7.11 Å². The summed E-state index contributed by atoms with van der Waals surface area (Å²) in [6, 6.07) is 3.44. The van der Waals surface area contributed by atoms with Gasteiger partial charge >= 0.3 is 0 Å². The Balaban J connectivity index is 3.00. The molecule has 0 aliphatic heterocycles. The summed E-state index contributed by atoms with van der Waals surface area (Å²) in [5, 5.41) is 1.06. The molecule has 0 spiro atoms. The number of fused-ring (bicyclic) bond motifs is 1. The quantitative estimate of drug-likeness (QED) is 0.891. The van der Waals surface area contributed by atoms with Crippen molar-refractivity contribution in [3.63, 3.8) is 0 Å². The number of aryl methyl sites for hydroxylation is 1. The lowest BCUT2D eigenvalue weighted by Crippen LogP contribution is -2.12. The van der Waals surface area contributed by atoms with E-state index < -0.39 is 0 Å². The van der Waals surface area contributed by atoms with Crippen LogP contribution in [0, 0.1) is 6.92 Å². The van der Waals surface area contributed by atoms with Gasteiger partial charge in [-0.05, 0) is 25.5 Å².